The van der Waals surface area contributed by atoms with Crippen LogP contribution in [0, 0.1) is 0 Å². The monoisotopic (exact) mass is 262 g/mol. The first-order valence-electron chi connectivity index (χ1n) is 5.74. The predicted molar refractivity (Wildman–Crippen MR) is 65.8 cm³/mol. The van der Waals surface area contributed by atoms with E-state index in [0.717, 1.165) is 32.1 Å². The lowest BCUT2D eigenvalue weighted by Crippen LogP contribution is -2.43. The Balaban J connectivity index is 2.34. The Morgan fingerprint density at radius 1 is 1.18 bits per heavy atom. The highest BCUT2D eigenvalue weighted by molar-refractivity contribution is 6.60. The van der Waals surface area contributed by atoms with E-state index in [-0.39, 0.29) is 6.03 Å². The van der Waals surface area contributed by atoms with Gasteiger partial charge >= 0.3 is 14.8 Å². The lowest BCUT2D eigenvalue weighted by atomic mass is 10.4. The average molecular weight is 262 g/mol. The van der Waals surface area contributed by atoms with E-state index in [1.165, 1.54) is 0 Å². The molecule has 0 saturated carbocycles. The molecule has 1 aliphatic heterocycles. The Morgan fingerprint density at radius 3 is 2.18 bits per heavy atom. The van der Waals surface area contributed by atoms with Crippen molar-refractivity contribution in [3.05, 3.63) is 0 Å². The van der Waals surface area contributed by atoms with Crippen LogP contribution in [-0.2, 0) is 13.3 Å². The van der Waals surface area contributed by atoms with Crippen molar-refractivity contribution in [2.24, 2.45) is 0 Å². The van der Waals surface area contributed by atoms with Crippen LogP contribution in [0.4, 0.5) is 4.79 Å². The summed E-state index contributed by atoms with van der Waals surface area (Å²) < 4.78 is 16.0. The summed E-state index contributed by atoms with van der Waals surface area (Å²) in [7, 11) is 4.16. The summed E-state index contributed by atoms with van der Waals surface area (Å²) >= 11 is 0. The first-order chi connectivity index (χ1) is 8.08. The molecular weight excluding hydrogens is 240 g/mol. The maximum Gasteiger partial charge on any atom is 0.500 e. The molecule has 1 fully saturated rings. The lowest BCUT2D eigenvalue weighted by molar-refractivity contribution is 0.122. The van der Waals surface area contributed by atoms with Crippen LogP contribution in [-0.4, -0.2) is 72.6 Å². The van der Waals surface area contributed by atoms with E-state index >= 15 is 0 Å². The van der Waals surface area contributed by atoms with Crippen LogP contribution >= 0.6 is 0 Å². The zero-order valence-electron chi connectivity index (χ0n) is 11.1. The van der Waals surface area contributed by atoms with Crippen molar-refractivity contribution in [1.29, 1.82) is 0 Å². The smallest absolute Gasteiger partial charge is 0.377 e. The van der Waals surface area contributed by atoms with Gasteiger partial charge in [0, 0.05) is 54.1 Å². The molecule has 7 heteroatoms. The summed E-state index contributed by atoms with van der Waals surface area (Å²) in [6.45, 7) is 2.34. The molecule has 17 heavy (non-hydrogen) atoms. The molecule has 1 rings (SSSR count). The summed E-state index contributed by atoms with van der Waals surface area (Å²) in [4.78, 5) is 15.2. The molecule has 0 atom stereocenters. The van der Waals surface area contributed by atoms with E-state index < -0.39 is 8.80 Å². The zero-order valence-corrected chi connectivity index (χ0v) is 12.1. The highest BCUT2D eigenvalue weighted by atomic mass is 28.4. The van der Waals surface area contributed by atoms with Crippen molar-refractivity contribution >= 4 is 14.8 Å². The number of amides is 2. The van der Waals surface area contributed by atoms with Crippen molar-refractivity contribution in [2.75, 3.05) is 48.0 Å². The molecule has 1 aliphatic rings. The number of hydrogen-bond donors (Lipinski definition) is 0. The molecule has 6 nitrogen and oxygen atoms in total. The molecule has 1 heterocycles. The molecule has 0 N–H and O–H groups in total. The molecule has 0 radical (unpaired) electrons. The van der Waals surface area contributed by atoms with Crippen molar-refractivity contribution in [1.82, 2.24) is 9.80 Å². The third-order valence-corrected chi connectivity index (χ3v) is 5.98. The number of carbonyl (C=O) groups excluding carboxylic acids is 1. The largest absolute Gasteiger partial charge is 0.500 e. The maximum absolute atomic E-state index is 11.6. The Bertz CT molecular complexity index is 252. The molecule has 0 aromatic heterocycles. The standard InChI is InChI=1S/C10H22N2O4Si/c1-11-7-8-12(10(11)13)6-5-9-17(14-2,15-3)16-4/h5-9H2,1-4H3. The second-order valence-electron chi connectivity index (χ2n) is 4.09. The van der Waals surface area contributed by atoms with E-state index in [2.05, 4.69) is 0 Å². The fraction of sp³-hybridized carbons (Fsp3) is 0.900. The average Bonchev–Trinajstić information content (AvgIpc) is 2.67. The van der Waals surface area contributed by atoms with Gasteiger partial charge in [0.15, 0.2) is 0 Å². The summed E-state index contributed by atoms with van der Waals surface area (Å²) in [5, 5.41) is 0. The van der Waals surface area contributed by atoms with Gasteiger partial charge in [-0.2, -0.15) is 0 Å². The third-order valence-electron chi connectivity index (χ3n) is 3.15. The lowest BCUT2D eigenvalue weighted by Gasteiger charge is -2.25. The molecule has 0 aromatic rings. The van der Waals surface area contributed by atoms with Crippen LogP contribution in [0.1, 0.15) is 6.42 Å². The fourth-order valence-electron chi connectivity index (χ4n) is 1.95. The first kappa shape index (κ1) is 14.4. The van der Waals surface area contributed by atoms with Gasteiger partial charge in [0.2, 0.25) is 0 Å². The minimum Gasteiger partial charge on any atom is -0.377 e. The Labute approximate surface area is 104 Å². The summed E-state index contributed by atoms with van der Waals surface area (Å²) in [5.41, 5.74) is 0. The van der Waals surface area contributed by atoms with Crippen molar-refractivity contribution in [3.63, 3.8) is 0 Å². The van der Waals surface area contributed by atoms with Crippen LogP contribution in [0.5, 0.6) is 0 Å². The summed E-state index contributed by atoms with van der Waals surface area (Å²) in [6.07, 6.45) is 0.835. The fourth-order valence-corrected chi connectivity index (χ4v) is 3.66. The van der Waals surface area contributed by atoms with E-state index in [9.17, 15) is 4.79 Å². The Hall–Kier alpha value is -0.633. The van der Waals surface area contributed by atoms with E-state index in [0.29, 0.717) is 0 Å². The number of rotatable bonds is 7. The van der Waals surface area contributed by atoms with Gasteiger partial charge in [0.25, 0.3) is 0 Å². The van der Waals surface area contributed by atoms with E-state index in [4.69, 9.17) is 13.3 Å². The first-order valence-corrected chi connectivity index (χ1v) is 7.67. The second kappa shape index (κ2) is 6.34. The van der Waals surface area contributed by atoms with Crippen LogP contribution < -0.4 is 0 Å². The molecule has 0 unspecified atom stereocenters. The number of likely N-dealkylation sites (N-methyl/N-ethyl adjacent to an activating group) is 1. The third kappa shape index (κ3) is 3.41. The van der Waals surface area contributed by atoms with Gasteiger partial charge in [-0.05, 0) is 6.42 Å². The predicted octanol–water partition coefficient (Wildman–Crippen LogP) is 0.622. The molecule has 2 amide bonds. The topological polar surface area (TPSA) is 51.2 Å². The molecule has 0 spiro atoms. The van der Waals surface area contributed by atoms with E-state index in [1.807, 2.05) is 11.9 Å². The summed E-state index contributed by atoms with van der Waals surface area (Å²) in [5.74, 6) is 0. The van der Waals surface area contributed by atoms with Crippen molar-refractivity contribution in [2.45, 2.75) is 12.5 Å². The van der Waals surface area contributed by atoms with Gasteiger partial charge in [-0.1, -0.05) is 0 Å². The number of carbonyl (C=O) groups is 1. The number of hydrogen-bond acceptors (Lipinski definition) is 4. The van der Waals surface area contributed by atoms with Crippen LogP contribution in [0.25, 0.3) is 0 Å². The van der Waals surface area contributed by atoms with E-state index in [1.54, 1.807) is 26.2 Å². The number of nitrogens with zero attached hydrogens (tertiary/aromatic N) is 2. The Kier molecular flexibility index (Phi) is 5.38. The minimum absolute atomic E-state index is 0.101. The second-order valence-corrected chi connectivity index (χ2v) is 7.18. The Morgan fingerprint density at radius 2 is 1.76 bits per heavy atom. The molecule has 0 aliphatic carbocycles. The van der Waals surface area contributed by atoms with Gasteiger partial charge in [0.1, 0.15) is 0 Å². The molecule has 0 bridgehead atoms. The maximum atomic E-state index is 11.6. The zero-order chi connectivity index (χ0) is 12.9. The van der Waals surface area contributed by atoms with Gasteiger partial charge in [-0.15, -0.1) is 0 Å². The highest BCUT2D eigenvalue weighted by Crippen LogP contribution is 2.16. The van der Waals surface area contributed by atoms with Crippen LogP contribution in [0.2, 0.25) is 6.04 Å². The minimum atomic E-state index is -2.48. The molecular formula is C10H22N2O4Si. The summed E-state index contributed by atoms with van der Waals surface area (Å²) in [6, 6.07) is 0.828. The van der Waals surface area contributed by atoms with Gasteiger partial charge in [-0.25, -0.2) is 4.79 Å². The van der Waals surface area contributed by atoms with Crippen LogP contribution in [0.3, 0.4) is 0 Å². The molecule has 1 saturated heterocycles. The number of urea groups is 1. The van der Waals surface area contributed by atoms with Gasteiger partial charge < -0.3 is 23.1 Å². The van der Waals surface area contributed by atoms with Crippen molar-refractivity contribution < 1.29 is 18.1 Å². The van der Waals surface area contributed by atoms with Gasteiger partial charge in [0.05, 0.1) is 0 Å². The van der Waals surface area contributed by atoms with Crippen molar-refractivity contribution in [3.8, 4) is 0 Å². The highest BCUT2D eigenvalue weighted by Gasteiger charge is 2.37. The SMILES string of the molecule is CO[Si](CCCN1CCN(C)C1=O)(OC)OC. The normalized spacial score (nSPS) is 17.1. The van der Waals surface area contributed by atoms with Gasteiger partial charge in [-0.3, -0.25) is 0 Å². The molecule has 100 valence electrons. The quantitative estimate of drug-likeness (QED) is 0.631. The van der Waals surface area contributed by atoms with Crippen LogP contribution in [0.15, 0.2) is 0 Å². The molecule has 0 aromatic carbocycles.